The van der Waals surface area contributed by atoms with Crippen LogP contribution in [-0.4, -0.2) is 42.1 Å². The zero-order chi connectivity index (χ0) is 20.9. The van der Waals surface area contributed by atoms with Crippen LogP contribution in [0, 0.1) is 11.3 Å². The van der Waals surface area contributed by atoms with Crippen molar-refractivity contribution in [3.05, 3.63) is 78.1 Å². The number of para-hydroxylation sites is 1. The first-order valence-electron chi connectivity index (χ1n) is 10.4. The Morgan fingerprint density at radius 1 is 1.20 bits per heavy atom. The van der Waals surface area contributed by atoms with Gasteiger partial charge in [0.2, 0.25) is 5.91 Å². The van der Waals surface area contributed by atoms with Gasteiger partial charge in [0, 0.05) is 44.5 Å². The predicted octanol–water partition coefficient (Wildman–Crippen LogP) is 2.59. The molecule has 0 aliphatic carbocycles. The fourth-order valence-corrected chi connectivity index (χ4v) is 4.41. The Morgan fingerprint density at radius 2 is 1.97 bits per heavy atom. The summed E-state index contributed by atoms with van der Waals surface area (Å²) in [5, 5.41) is 15.7. The minimum atomic E-state index is 0.0120. The molecule has 0 spiro atoms. The number of carbonyl (C=O) groups is 1. The second-order valence-corrected chi connectivity index (χ2v) is 7.90. The number of rotatable bonds is 5. The molecule has 6 heteroatoms. The summed E-state index contributed by atoms with van der Waals surface area (Å²) in [5.74, 6) is 0.0120. The van der Waals surface area contributed by atoms with Crippen molar-refractivity contribution in [1.29, 1.82) is 5.26 Å². The van der Waals surface area contributed by atoms with Crippen LogP contribution < -0.4 is 15.5 Å². The van der Waals surface area contributed by atoms with E-state index in [4.69, 9.17) is 5.26 Å². The maximum absolute atomic E-state index is 11.9. The van der Waals surface area contributed by atoms with Crippen LogP contribution in [-0.2, 0) is 11.2 Å². The minimum absolute atomic E-state index is 0.0120. The lowest BCUT2D eigenvalue weighted by atomic mass is 9.96. The van der Waals surface area contributed by atoms with Gasteiger partial charge in [-0.15, -0.1) is 0 Å². The molecule has 30 heavy (non-hydrogen) atoms. The summed E-state index contributed by atoms with van der Waals surface area (Å²) in [6.45, 7) is 3.34. The van der Waals surface area contributed by atoms with E-state index in [-0.39, 0.29) is 24.2 Å². The van der Waals surface area contributed by atoms with Gasteiger partial charge in [-0.1, -0.05) is 30.3 Å². The number of carbonyl (C=O) groups excluding carboxylic acids is 1. The van der Waals surface area contributed by atoms with Crippen LogP contribution in [0.15, 0.2) is 67.0 Å². The highest BCUT2D eigenvalue weighted by Crippen LogP contribution is 2.26. The zero-order valence-corrected chi connectivity index (χ0v) is 17.2. The first-order valence-corrected chi connectivity index (χ1v) is 10.4. The third kappa shape index (κ3) is 4.41. The first kappa shape index (κ1) is 19.8. The third-order valence-corrected chi connectivity index (χ3v) is 5.88. The van der Waals surface area contributed by atoms with Crippen molar-refractivity contribution in [2.75, 3.05) is 18.0 Å². The molecule has 2 aromatic carbocycles. The molecule has 154 valence electrons. The number of hydrogen-bond donors (Lipinski definition) is 2. The minimum Gasteiger partial charge on any atom is -0.370 e. The van der Waals surface area contributed by atoms with E-state index >= 15 is 0 Å². The summed E-state index contributed by atoms with van der Waals surface area (Å²) >= 11 is 0. The molecule has 1 amide bonds. The van der Waals surface area contributed by atoms with E-state index in [1.807, 2.05) is 36.5 Å². The van der Waals surface area contributed by atoms with Gasteiger partial charge in [0.25, 0.3) is 0 Å². The fraction of sp³-hybridized carbons (Fsp3) is 0.333. The van der Waals surface area contributed by atoms with E-state index in [0.717, 1.165) is 25.9 Å². The summed E-state index contributed by atoms with van der Waals surface area (Å²) < 4.78 is 0. The Balaban J connectivity index is 1.53. The number of hydrogen-bond acceptors (Lipinski definition) is 5. The van der Waals surface area contributed by atoms with Crippen LogP contribution in [0.1, 0.15) is 24.5 Å². The molecule has 2 heterocycles. The highest BCUT2D eigenvalue weighted by Gasteiger charge is 2.37. The van der Waals surface area contributed by atoms with E-state index in [1.165, 1.54) is 11.3 Å². The molecular weight excluding hydrogens is 374 g/mol. The summed E-state index contributed by atoms with van der Waals surface area (Å²) in [5.41, 5.74) is 3.06. The summed E-state index contributed by atoms with van der Waals surface area (Å²) in [6, 6.07) is 20.6. The zero-order valence-electron chi connectivity index (χ0n) is 17.2. The van der Waals surface area contributed by atoms with Crippen LogP contribution in [0.5, 0.6) is 0 Å². The average Bonchev–Trinajstić information content (AvgIpc) is 3.22. The molecule has 4 rings (SSSR count). The van der Waals surface area contributed by atoms with E-state index in [0.29, 0.717) is 5.56 Å². The number of anilines is 1. The summed E-state index contributed by atoms with van der Waals surface area (Å²) in [7, 11) is 0. The van der Waals surface area contributed by atoms with Gasteiger partial charge < -0.3 is 20.4 Å². The first-order chi connectivity index (χ1) is 14.6. The number of benzene rings is 2. The van der Waals surface area contributed by atoms with Crippen LogP contribution in [0.4, 0.5) is 5.69 Å². The Kier molecular flexibility index (Phi) is 5.89. The van der Waals surface area contributed by atoms with Crippen molar-refractivity contribution in [2.45, 2.75) is 38.0 Å². The quantitative estimate of drug-likeness (QED) is 0.806. The molecule has 0 radical (unpaired) electrons. The molecule has 2 aliphatic heterocycles. The Morgan fingerprint density at radius 3 is 2.67 bits per heavy atom. The van der Waals surface area contributed by atoms with Crippen molar-refractivity contribution in [3.63, 3.8) is 0 Å². The predicted molar refractivity (Wildman–Crippen MR) is 117 cm³/mol. The molecule has 2 N–H and O–H groups in total. The van der Waals surface area contributed by atoms with Crippen molar-refractivity contribution in [1.82, 2.24) is 15.5 Å². The summed E-state index contributed by atoms with van der Waals surface area (Å²) in [6.07, 6.45) is 5.90. The fourth-order valence-electron chi connectivity index (χ4n) is 4.41. The van der Waals surface area contributed by atoms with Crippen molar-refractivity contribution < 1.29 is 4.79 Å². The van der Waals surface area contributed by atoms with E-state index in [2.05, 4.69) is 57.0 Å². The molecule has 0 aromatic heterocycles. The van der Waals surface area contributed by atoms with E-state index in [1.54, 1.807) is 6.92 Å². The molecule has 3 atom stereocenters. The molecular formula is C24H27N5O. The van der Waals surface area contributed by atoms with Crippen LogP contribution in [0.2, 0.25) is 0 Å². The van der Waals surface area contributed by atoms with Gasteiger partial charge in [0.15, 0.2) is 0 Å². The van der Waals surface area contributed by atoms with Crippen LogP contribution in [0.25, 0.3) is 0 Å². The van der Waals surface area contributed by atoms with Crippen LogP contribution in [0.3, 0.4) is 0 Å². The molecule has 3 unspecified atom stereocenters. The number of nitrogens with zero attached hydrogens (tertiary/aromatic N) is 3. The molecule has 6 nitrogen and oxygen atoms in total. The van der Waals surface area contributed by atoms with Crippen LogP contribution >= 0.6 is 0 Å². The average molecular weight is 402 g/mol. The van der Waals surface area contributed by atoms with E-state index < -0.39 is 0 Å². The third-order valence-electron chi connectivity index (χ3n) is 5.88. The lowest BCUT2D eigenvalue weighted by Crippen LogP contribution is -2.61. The molecule has 0 bridgehead atoms. The van der Waals surface area contributed by atoms with Crippen molar-refractivity contribution in [3.8, 4) is 6.07 Å². The lowest BCUT2D eigenvalue weighted by molar-refractivity contribution is -0.120. The maximum Gasteiger partial charge on any atom is 0.217 e. The Labute approximate surface area is 177 Å². The van der Waals surface area contributed by atoms with Crippen molar-refractivity contribution in [2.24, 2.45) is 0 Å². The molecule has 2 aliphatic rings. The standard InChI is InChI=1S/C24H27N5O/c1-18(30)27-22-11-13-28(21-5-3-2-4-6-21)17-23(22)29-14-12-26-24(29)15-19-7-9-20(16-25)10-8-19/h2-10,12,14,22-24,26H,11,13,15,17H2,1H3,(H,27,30). The lowest BCUT2D eigenvalue weighted by Gasteiger charge is -2.45. The highest BCUT2D eigenvalue weighted by atomic mass is 16.1. The van der Waals surface area contributed by atoms with Gasteiger partial charge in [-0.25, -0.2) is 0 Å². The molecule has 1 fully saturated rings. The van der Waals surface area contributed by atoms with E-state index in [9.17, 15) is 4.79 Å². The normalized spacial score (nSPS) is 23.0. The monoisotopic (exact) mass is 401 g/mol. The summed E-state index contributed by atoms with van der Waals surface area (Å²) in [4.78, 5) is 16.6. The second-order valence-electron chi connectivity index (χ2n) is 7.90. The number of nitrogens with one attached hydrogen (secondary N) is 2. The topological polar surface area (TPSA) is 71.4 Å². The van der Waals surface area contributed by atoms with Gasteiger partial charge in [-0.05, 0) is 36.2 Å². The Hall–Kier alpha value is -3.46. The maximum atomic E-state index is 11.9. The molecule has 2 aromatic rings. The van der Waals surface area contributed by atoms with Gasteiger partial charge >= 0.3 is 0 Å². The van der Waals surface area contributed by atoms with Gasteiger partial charge in [-0.3, -0.25) is 4.79 Å². The second kappa shape index (κ2) is 8.91. The smallest absolute Gasteiger partial charge is 0.217 e. The van der Waals surface area contributed by atoms with Crippen molar-refractivity contribution >= 4 is 11.6 Å². The Bertz CT molecular complexity index is 934. The highest BCUT2D eigenvalue weighted by molar-refractivity contribution is 5.73. The SMILES string of the molecule is CC(=O)NC1CCN(c2ccccc2)CC1N1C=CNC1Cc1ccc(C#N)cc1. The van der Waals surface area contributed by atoms with Gasteiger partial charge in [0.05, 0.1) is 23.7 Å². The van der Waals surface area contributed by atoms with Gasteiger partial charge in [0.1, 0.15) is 6.17 Å². The largest absolute Gasteiger partial charge is 0.370 e. The molecule has 0 saturated carbocycles. The number of amides is 1. The number of piperidine rings is 1. The number of nitriles is 1. The molecule has 1 saturated heterocycles. The van der Waals surface area contributed by atoms with Gasteiger partial charge in [-0.2, -0.15) is 5.26 Å².